The number of nitrogens with one attached hydrogen (secondary N) is 1. The van der Waals surface area contributed by atoms with Gasteiger partial charge in [0.1, 0.15) is 5.75 Å². The molecule has 0 spiro atoms. The van der Waals surface area contributed by atoms with E-state index in [-0.39, 0.29) is 24.3 Å². The van der Waals surface area contributed by atoms with Gasteiger partial charge in [-0.05, 0) is 60.7 Å². The van der Waals surface area contributed by atoms with Crippen LogP contribution in [-0.4, -0.2) is 30.6 Å². The molecule has 0 saturated carbocycles. The molecular weight excluding hydrogens is 415 g/mol. The highest BCUT2D eigenvalue weighted by Gasteiger charge is 2.31. The highest BCUT2D eigenvalue weighted by Crippen LogP contribution is 2.24. The molecule has 1 aliphatic rings. The van der Waals surface area contributed by atoms with Crippen LogP contribution in [0.3, 0.4) is 0 Å². The largest absolute Gasteiger partial charge is 0.573 e. The van der Waals surface area contributed by atoms with Gasteiger partial charge in [-0.3, -0.25) is 14.4 Å². The lowest BCUT2D eigenvalue weighted by Crippen LogP contribution is -2.21. The highest BCUT2D eigenvalue weighted by molar-refractivity contribution is 5.98. The van der Waals surface area contributed by atoms with Crippen LogP contribution in [0.2, 0.25) is 0 Å². The van der Waals surface area contributed by atoms with Crippen LogP contribution < -0.4 is 10.1 Å². The number of Topliss-reactive ketones (excluding diaryl/α,β-unsaturated/α-hetero) is 1. The Hall–Kier alpha value is -3.36. The number of alkyl halides is 3. The van der Waals surface area contributed by atoms with E-state index in [1.807, 2.05) is 12.1 Å². The third kappa shape index (κ3) is 6.84. The number of hydrogen-bond donors (Lipinski definition) is 1. The van der Waals surface area contributed by atoms with Crippen molar-refractivity contribution in [2.24, 2.45) is 0 Å². The van der Waals surface area contributed by atoms with Crippen molar-refractivity contribution in [3.63, 3.8) is 0 Å². The molecule has 6 nitrogen and oxygen atoms in total. The minimum atomic E-state index is -4.80. The molecule has 0 atom stereocenters. The molecule has 0 saturated heterocycles. The van der Waals surface area contributed by atoms with Gasteiger partial charge in [-0.2, -0.15) is 0 Å². The lowest BCUT2D eigenvalue weighted by Gasteiger charge is -2.10. The average molecular weight is 435 g/mol. The Morgan fingerprint density at radius 1 is 0.935 bits per heavy atom. The minimum Gasteiger partial charge on any atom is -0.456 e. The second kappa shape index (κ2) is 9.63. The number of ether oxygens (including phenoxy) is 2. The van der Waals surface area contributed by atoms with E-state index in [9.17, 15) is 27.6 Å². The van der Waals surface area contributed by atoms with Gasteiger partial charge in [0.2, 0.25) is 0 Å². The van der Waals surface area contributed by atoms with Crippen LogP contribution in [0.1, 0.15) is 40.7 Å². The lowest BCUT2D eigenvalue weighted by molar-refractivity contribution is -0.274. The number of carbonyl (C=O) groups is 3. The molecule has 0 bridgehead atoms. The SMILES string of the molecule is O=C(COC(=O)CCC(=O)c1ccc2c(c1)CCC2)Nc1ccc(OC(F)(F)F)cc1. The minimum absolute atomic E-state index is 0.0279. The number of rotatable bonds is 8. The zero-order chi connectivity index (χ0) is 22.4. The maximum Gasteiger partial charge on any atom is 0.573 e. The Kier molecular flexibility index (Phi) is 6.94. The first-order chi connectivity index (χ1) is 14.7. The smallest absolute Gasteiger partial charge is 0.456 e. The van der Waals surface area contributed by atoms with Gasteiger partial charge in [0.15, 0.2) is 12.4 Å². The summed E-state index contributed by atoms with van der Waals surface area (Å²) in [5.41, 5.74) is 3.19. The highest BCUT2D eigenvalue weighted by atomic mass is 19.4. The predicted molar refractivity (Wildman–Crippen MR) is 105 cm³/mol. The normalized spacial score (nSPS) is 12.7. The van der Waals surface area contributed by atoms with Crippen molar-refractivity contribution in [1.82, 2.24) is 0 Å². The summed E-state index contributed by atoms with van der Waals surface area (Å²) >= 11 is 0. The molecule has 1 aliphatic carbocycles. The summed E-state index contributed by atoms with van der Waals surface area (Å²) < 4.78 is 45.0. The van der Waals surface area contributed by atoms with Crippen molar-refractivity contribution in [1.29, 1.82) is 0 Å². The molecule has 0 aromatic heterocycles. The van der Waals surface area contributed by atoms with Crippen molar-refractivity contribution in [2.45, 2.75) is 38.5 Å². The van der Waals surface area contributed by atoms with Crippen LogP contribution in [0.15, 0.2) is 42.5 Å². The Morgan fingerprint density at radius 3 is 2.35 bits per heavy atom. The Bertz CT molecular complexity index is 970. The van der Waals surface area contributed by atoms with Gasteiger partial charge >= 0.3 is 12.3 Å². The van der Waals surface area contributed by atoms with Gasteiger partial charge < -0.3 is 14.8 Å². The number of ketones is 1. The summed E-state index contributed by atoms with van der Waals surface area (Å²) in [5, 5.41) is 2.38. The number of halogens is 3. The van der Waals surface area contributed by atoms with Crippen LogP contribution in [0.5, 0.6) is 5.75 Å². The third-order valence-electron chi connectivity index (χ3n) is 4.71. The summed E-state index contributed by atoms with van der Waals surface area (Å²) in [6, 6.07) is 10.1. The van der Waals surface area contributed by atoms with Crippen LogP contribution in [0.25, 0.3) is 0 Å². The topological polar surface area (TPSA) is 81.7 Å². The Morgan fingerprint density at radius 2 is 1.65 bits per heavy atom. The zero-order valence-corrected chi connectivity index (χ0v) is 16.5. The summed E-state index contributed by atoms with van der Waals surface area (Å²) in [4.78, 5) is 35.9. The van der Waals surface area contributed by atoms with Crippen LogP contribution in [0, 0.1) is 0 Å². The maximum absolute atomic E-state index is 12.3. The molecule has 1 N–H and O–H groups in total. The molecule has 0 fully saturated rings. The van der Waals surface area contributed by atoms with Crippen LogP contribution >= 0.6 is 0 Å². The molecule has 0 radical (unpaired) electrons. The van der Waals surface area contributed by atoms with Crippen molar-refractivity contribution in [3.8, 4) is 5.75 Å². The summed E-state index contributed by atoms with van der Waals surface area (Å²) in [6.07, 6.45) is -1.95. The molecule has 2 aromatic carbocycles. The molecule has 1 amide bonds. The number of fused-ring (bicyclic) bond motifs is 1. The molecule has 3 rings (SSSR count). The molecule has 31 heavy (non-hydrogen) atoms. The van der Waals surface area contributed by atoms with Gasteiger partial charge in [0, 0.05) is 17.7 Å². The van der Waals surface area contributed by atoms with E-state index in [2.05, 4.69) is 10.1 Å². The fourth-order valence-corrected chi connectivity index (χ4v) is 3.26. The second-order valence-electron chi connectivity index (χ2n) is 7.04. The van der Waals surface area contributed by atoms with Crippen molar-refractivity contribution in [2.75, 3.05) is 11.9 Å². The van der Waals surface area contributed by atoms with Gasteiger partial charge in [-0.25, -0.2) is 0 Å². The van der Waals surface area contributed by atoms with Crippen molar-refractivity contribution < 1.29 is 37.0 Å². The molecule has 9 heteroatoms. The number of hydrogen-bond acceptors (Lipinski definition) is 5. The van der Waals surface area contributed by atoms with Gasteiger partial charge in [0.05, 0.1) is 6.42 Å². The second-order valence-corrected chi connectivity index (χ2v) is 7.04. The van der Waals surface area contributed by atoms with Gasteiger partial charge in [0.25, 0.3) is 5.91 Å². The number of esters is 1. The third-order valence-corrected chi connectivity index (χ3v) is 4.71. The van der Waals surface area contributed by atoms with E-state index >= 15 is 0 Å². The summed E-state index contributed by atoms with van der Waals surface area (Å²) in [5.74, 6) is -1.95. The molecule has 0 aliphatic heterocycles. The Balaban J connectivity index is 1.39. The molecule has 0 heterocycles. The van der Waals surface area contributed by atoms with E-state index in [0.29, 0.717) is 5.56 Å². The lowest BCUT2D eigenvalue weighted by atomic mass is 10.0. The predicted octanol–water partition coefficient (Wildman–Crippen LogP) is 4.22. The Labute approximate surface area is 176 Å². The first-order valence-electron chi connectivity index (χ1n) is 9.66. The standard InChI is InChI=1S/C22H20F3NO5/c23-22(24,25)31-18-8-6-17(7-9-18)26-20(28)13-30-21(29)11-10-19(27)16-5-4-14-2-1-3-15(14)12-16/h4-9,12H,1-3,10-11,13H2,(H,26,28). The van der Waals surface area contributed by atoms with Gasteiger partial charge in [-0.1, -0.05) is 12.1 Å². The summed E-state index contributed by atoms with van der Waals surface area (Å²) in [6.45, 7) is -0.577. The number of amides is 1. The molecule has 2 aromatic rings. The zero-order valence-electron chi connectivity index (χ0n) is 16.5. The van der Waals surface area contributed by atoms with Crippen LogP contribution in [0.4, 0.5) is 18.9 Å². The van der Waals surface area contributed by atoms with Gasteiger partial charge in [-0.15, -0.1) is 13.2 Å². The molecule has 164 valence electrons. The maximum atomic E-state index is 12.3. The molecule has 0 unspecified atom stereocenters. The van der Waals surface area contributed by atoms with Crippen LogP contribution in [-0.2, 0) is 27.2 Å². The van der Waals surface area contributed by atoms with E-state index in [1.54, 1.807) is 6.07 Å². The monoisotopic (exact) mass is 435 g/mol. The van der Waals surface area contributed by atoms with Crippen molar-refractivity contribution in [3.05, 3.63) is 59.2 Å². The fraction of sp³-hybridized carbons (Fsp3) is 0.318. The number of aryl methyl sites for hydroxylation is 2. The van der Waals surface area contributed by atoms with E-state index in [1.165, 1.54) is 23.3 Å². The molecular formula is C22H20F3NO5. The van der Waals surface area contributed by atoms with E-state index in [4.69, 9.17) is 4.74 Å². The number of carbonyl (C=O) groups excluding carboxylic acids is 3. The number of benzene rings is 2. The average Bonchev–Trinajstić information content (AvgIpc) is 3.18. The fourth-order valence-electron chi connectivity index (χ4n) is 3.26. The summed E-state index contributed by atoms with van der Waals surface area (Å²) in [7, 11) is 0. The van der Waals surface area contributed by atoms with E-state index in [0.717, 1.165) is 31.4 Å². The van der Waals surface area contributed by atoms with E-state index < -0.39 is 30.6 Å². The number of anilines is 1. The quantitative estimate of drug-likeness (QED) is 0.496. The first kappa shape index (κ1) is 22.3. The first-order valence-corrected chi connectivity index (χ1v) is 9.66. The van der Waals surface area contributed by atoms with Crippen molar-refractivity contribution >= 4 is 23.3 Å².